The molecule has 0 amide bonds. The van der Waals surface area contributed by atoms with Gasteiger partial charge in [-0.05, 0) is 45.8 Å². The fourth-order valence-corrected chi connectivity index (χ4v) is 5.36. The average Bonchev–Trinajstić information content (AvgIpc) is 3.28. The van der Waals surface area contributed by atoms with Gasteiger partial charge in [0.15, 0.2) is 17.1 Å². The SMILES string of the molecule is c1ccc2cc(-c3nc4nccnc4nc3-n3c4ccccc4c4cc5ccccc5cc43)ccc2c1. The summed E-state index contributed by atoms with van der Waals surface area (Å²) < 4.78 is 2.22. The Morgan fingerprint density at radius 1 is 0.486 bits per heavy atom. The first kappa shape index (κ1) is 20.1. The Kier molecular flexibility index (Phi) is 4.16. The minimum Gasteiger partial charge on any atom is -0.292 e. The lowest BCUT2D eigenvalue weighted by Gasteiger charge is -2.13. The molecule has 172 valence electrons. The highest BCUT2D eigenvalue weighted by atomic mass is 15.1. The maximum atomic E-state index is 5.08. The van der Waals surface area contributed by atoms with Gasteiger partial charge in [0.25, 0.3) is 0 Å². The molecule has 0 saturated heterocycles. The third-order valence-corrected chi connectivity index (χ3v) is 7.08. The molecule has 5 aromatic carbocycles. The monoisotopic (exact) mass is 473 g/mol. The molecule has 0 radical (unpaired) electrons. The second kappa shape index (κ2) is 7.67. The van der Waals surface area contributed by atoms with Crippen LogP contribution < -0.4 is 0 Å². The summed E-state index contributed by atoms with van der Waals surface area (Å²) in [6.45, 7) is 0. The van der Waals surface area contributed by atoms with E-state index in [1.165, 1.54) is 26.9 Å². The summed E-state index contributed by atoms with van der Waals surface area (Å²) in [4.78, 5) is 19.1. The molecule has 3 heterocycles. The van der Waals surface area contributed by atoms with Gasteiger partial charge in [-0.25, -0.2) is 19.9 Å². The van der Waals surface area contributed by atoms with Crippen LogP contribution in [0, 0.1) is 0 Å². The van der Waals surface area contributed by atoms with Crippen molar-refractivity contribution in [3.8, 4) is 17.1 Å². The van der Waals surface area contributed by atoms with Crippen LogP contribution >= 0.6 is 0 Å². The Labute approximate surface area is 211 Å². The number of benzene rings is 5. The van der Waals surface area contributed by atoms with Gasteiger partial charge in [0.1, 0.15) is 5.69 Å². The minimum absolute atomic E-state index is 0.522. The van der Waals surface area contributed by atoms with E-state index < -0.39 is 0 Å². The zero-order valence-corrected chi connectivity index (χ0v) is 19.7. The van der Waals surface area contributed by atoms with Crippen molar-refractivity contribution in [1.29, 1.82) is 0 Å². The Hall–Kier alpha value is -5.16. The fourth-order valence-electron chi connectivity index (χ4n) is 5.36. The standard InChI is InChI=1S/C32H19N5/c1-2-8-21-17-24(14-13-20(21)7-1)29-32(36-31-30(35-29)33-15-16-34-31)37-27-12-6-5-11-25(27)26-18-22-9-3-4-10-23(22)19-28(26)37/h1-19H. The Morgan fingerprint density at radius 2 is 1.14 bits per heavy atom. The zero-order valence-electron chi connectivity index (χ0n) is 19.7. The largest absolute Gasteiger partial charge is 0.292 e. The van der Waals surface area contributed by atoms with E-state index in [2.05, 4.69) is 118 Å². The molecule has 0 aliphatic rings. The van der Waals surface area contributed by atoms with Crippen LogP contribution in [0.3, 0.4) is 0 Å². The summed E-state index contributed by atoms with van der Waals surface area (Å²) in [5.74, 6) is 0.741. The van der Waals surface area contributed by atoms with Crippen molar-refractivity contribution >= 4 is 54.6 Å². The van der Waals surface area contributed by atoms with Crippen molar-refractivity contribution in [2.45, 2.75) is 0 Å². The number of nitrogens with zero attached hydrogens (tertiary/aromatic N) is 5. The number of rotatable bonds is 2. The van der Waals surface area contributed by atoms with Crippen molar-refractivity contribution in [1.82, 2.24) is 24.5 Å². The van der Waals surface area contributed by atoms with Crippen LogP contribution in [0.4, 0.5) is 0 Å². The highest BCUT2D eigenvalue weighted by molar-refractivity contribution is 6.13. The lowest BCUT2D eigenvalue weighted by Crippen LogP contribution is -2.05. The first-order valence-corrected chi connectivity index (χ1v) is 12.2. The predicted molar refractivity (Wildman–Crippen MR) is 150 cm³/mol. The van der Waals surface area contributed by atoms with E-state index in [-0.39, 0.29) is 0 Å². The van der Waals surface area contributed by atoms with Gasteiger partial charge < -0.3 is 0 Å². The normalized spacial score (nSPS) is 11.8. The van der Waals surface area contributed by atoms with Gasteiger partial charge in [0.2, 0.25) is 0 Å². The average molecular weight is 474 g/mol. The summed E-state index contributed by atoms with van der Waals surface area (Å²) >= 11 is 0. The van der Waals surface area contributed by atoms with E-state index in [0.717, 1.165) is 33.5 Å². The summed E-state index contributed by atoms with van der Waals surface area (Å²) in [5.41, 5.74) is 4.97. The van der Waals surface area contributed by atoms with Crippen molar-refractivity contribution in [2.24, 2.45) is 0 Å². The molecule has 8 rings (SSSR count). The first-order chi connectivity index (χ1) is 18.3. The van der Waals surface area contributed by atoms with E-state index in [9.17, 15) is 0 Å². The maximum Gasteiger partial charge on any atom is 0.199 e. The first-order valence-electron chi connectivity index (χ1n) is 12.2. The number of para-hydroxylation sites is 1. The molecule has 0 saturated carbocycles. The molecule has 8 aromatic rings. The Balaban J connectivity index is 1.53. The second-order valence-electron chi connectivity index (χ2n) is 9.23. The molecule has 3 aromatic heterocycles. The number of aromatic nitrogens is 5. The van der Waals surface area contributed by atoms with Crippen molar-refractivity contribution in [2.75, 3.05) is 0 Å². The summed E-state index contributed by atoms with van der Waals surface area (Å²) in [5, 5.41) is 7.08. The number of hydrogen-bond donors (Lipinski definition) is 0. The third-order valence-electron chi connectivity index (χ3n) is 7.08. The quantitative estimate of drug-likeness (QED) is 0.261. The molecule has 5 nitrogen and oxygen atoms in total. The van der Waals surface area contributed by atoms with Crippen molar-refractivity contribution in [3.05, 3.63) is 116 Å². The van der Waals surface area contributed by atoms with Crippen LogP contribution in [0.2, 0.25) is 0 Å². The smallest absolute Gasteiger partial charge is 0.199 e. The molecule has 0 aliphatic heterocycles. The van der Waals surface area contributed by atoms with Gasteiger partial charge in [0, 0.05) is 28.7 Å². The highest BCUT2D eigenvalue weighted by Crippen LogP contribution is 2.37. The van der Waals surface area contributed by atoms with E-state index in [1.807, 2.05) is 0 Å². The van der Waals surface area contributed by atoms with E-state index in [4.69, 9.17) is 9.97 Å². The maximum absolute atomic E-state index is 5.08. The van der Waals surface area contributed by atoms with Gasteiger partial charge in [-0.3, -0.25) is 4.57 Å². The third kappa shape index (κ3) is 3.04. The molecule has 37 heavy (non-hydrogen) atoms. The Morgan fingerprint density at radius 3 is 1.95 bits per heavy atom. The van der Waals surface area contributed by atoms with Crippen LogP contribution in [0.5, 0.6) is 0 Å². The summed E-state index contributed by atoms with van der Waals surface area (Å²) in [7, 11) is 0. The fraction of sp³-hybridized carbons (Fsp3) is 0. The van der Waals surface area contributed by atoms with Gasteiger partial charge in [-0.15, -0.1) is 0 Å². The number of hydrogen-bond acceptors (Lipinski definition) is 4. The van der Waals surface area contributed by atoms with Gasteiger partial charge >= 0.3 is 0 Å². The molecule has 0 bridgehead atoms. The van der Waals surface area contributed by atoms with E-state index in [0.29, 0.717) is 11.3 Å². The van der Waals surface area contributed by atoms with E-state index in [1.54, 1.807) is 12.4 Å². The molecule has 0 spiro atoms. The molecule has 0 aliphatic carbocycles. The van der Waals surface area contributed by atoms with Crippen LogP contribution in [0.1, 0.15) is 0 Å². The van der Waals surface area contributed by atoms with Gasteiger partial charge in [-0.1, -0.05) is 78.9 Å². The zero-order chi connectivity index (χ0) is 24.3. The second-order valence-corrected chi connectivity index (χ2v) is 9.23. The Bertz CT molecular complexity index is 2160. The van der Waals surface area contributed by atoms with E-state index >= 15 is 0 Å². The topological polar surface area (TPSA) is 56.5 Å². The highest BCUT2D eigenvalue weighted by Gasteiger charge is 2.20. The van der Waals surface area contributed by atoms with Crippen LogP contribution in [0.25, 0.3) is 71.7 Å². The molecule has 0 atom stereocenters. The summed E-state index contributed by atoms with van der Waals surface area (Å²) in [6, 6.07) is 36.2. The molecule has 0 fully saturated rings. The van der Waals surface area contributed by atoms with Gasteiger partial charge in [0.05, 0.1) is 11.0 Å². The molecule has 0 N–H and O–H groups in total. The number of fused-ring (bicyclic) bond motifs is 6. The van der Waals surface area contributed by atoms with Crippen molar-refractivity contribution in [3.63, 3.8) is 0 Å². The lowest BCUT2D eigenvalue weighted by molar-refractivity contribution is 1.05. The minimum atomic E-state index is 0.522. The van der Waals surface area contributed by atoms with Crippen LogP contribution in [0.15, 0.2) is 116 Å². The lowest BCUT2D eigenvalue weighted by atomic mass is 10.0. The molecular weight excluding hydrogens is 454 g/mol. The van der Waals surface area contributed by atoms with Crippen LogP contribution in [-0.4, -0.2) is 24.5 Å². The predicted octanol–water partition coefficient (Wildman–Crippen LogP) is 7.49. The molecular formula is C32H19N5. The van der Waals surface area contributed by atoms with Crippen molar-refractivity contribution < 1.29 is 0 Å². The molecule has 0 unspecified atom stereocenters. The van der Waals surface area contributed by atoms with Crippen LogP contribution in [-0.2, 0) is 0 Å². The summed E-state index contributed by atoms with van der Waals surface area (Å²) in [6.07, 6.45) is 3.32. The van der Waals surface area contributed by atoms with Gasteiger partial charge in [-0.2, -0.15) is 0 Å². The molecule has 5 heteroatoms.